The Morgan fingerprint density at radius 1 is 0.977 bits per heavy atom. The first-order valence-electron chi connectivity index (χ1n) is 13.6. The molecule has 5 atom stereocenters. The Kier molecular flexibility index (Phi) is 11.6. The van der Waals surface area contributed by atoms with Crippen molar-refractivity contribution >= 4 is 40.6 Å². The highest BCUT2D eigenvalue weighted by Crippen LogP contribution is 2.19. The molecule has 2 heterocycles. The zero-order chi connectivity index (χ0) is 31.5. The van der Waals surface area contributed by atoms with Crippen molar-refractivity contribution in [3.63, 3.8) is 0 Å². The molecule has 16 heteroatoms. The van der Waals surface area contributed by atoms with Gasteiger partial charge in [0, 0.05) is 48.4 Å². The summed E-state index contributed by atoms with van der Waals surface area (Å²) in [4.78, 5) is 65.4. The summed E-state index contributed by atoms with van der Waals surface area (Å²) >= 11 is 0. The minimum atomic E-state index is -1.32. The van der Waals surface area contributed by atoms with Crippen molar-refractivity contribution in [1.29, 1.82) is 0 Å². The van der Waals surface area contributed by atoms with E-state index in [1.54, 1.807) is 6.20 Å². The number of H-pyrrole nitrogens is 2. The minimum Gasteiger partial charge on any atom is -0.480 e. The van der Waals surface area contributed by atoms with Gasteiger partial charge in [0.25, 0.3) is 0 Å². The molecule has 0 saturated carbocycles. The number of aliphatic hydroxyl groups is 1. The fourth-order valence-electron chi connectivity index (χ4n) is 4.35. The number of guanidine groups is 1. The van der Waals surface area contributed by atoms with Gasteiger partial charge in [-0.2, -0.15) is 0 Å². The number of aromatic amines is 2. The molecule has 0 bridgehead atoms. The number of nitrogens with one attached hydrogen (secondary N) is 5. The van der Waals surface area contributed by atoms with Gasteiger partial charge in [-0.1, -0.05) is 18.2 Å². The lowest BCUT2D eigenvalue weighted by atomic mass is 10.0. The zero-order valence-corrected chi connectivity index (χ0v) is 23.6. The van der Waals surface area contributed by atoms with Crippen LogP contribution in [0.4, 0.5) is 0 Å². The van der Waals surface area contributed by atoms with E-state index in [4.69, 9.17) is 17.2 Å². The molecule has 2 aromatic heterocycles. The number of aliphatic imine (C=N–C) groups is 1. The molecule has 232 valence electrons. The number of rotatable bonds is 16. The summed E-state index contributed by atoms with van der Waals surface area (Å²) < 4.78 is 0. The van der Waals surface area contributed by atoms with Crippen molar-refractivity contribution in [3.05, 3.63) is 54.2 Å². The third-order valence-electron chi connectivity index (χ3n) is 6.73. The molecule has 3 rings (SSSR count). The van der Waals surface area contributed by atoms with Crippen molar-refractivity contribution in [3.8, 4) is 0 Å². The molecule has 1 aromatic carbocycles. The summed E-state index contributed by atoms with van der Waals surface area (Å²) in [6, 6.07) is 2.32. The SMILES string of the molecule is CC(O)C(N)C(=O)NC(CCCN=C(N)N)C(=O)NC(Cc1c[nH]c2ccccc12)C(=O)NC(Cc1cnc[nH]1)C(=O)O. The molecule has 3 amide bonds. The van der Waals surface area contributed by atoms with Gasteiger partial charge in [-0.25, -0.2) is 9.78 Å². The van der Waals surface area contributed by atoms with E-state index in [1.165, 1.54) is 19.4 Å². The number of amides is 3. The fraction of sp³-hybridized carbons (Fsp3) is 0.407. The number of benzene rings is 1. The van der Waals surface area contributed by atoms with Crippen LogP contribution in [0.3, 0.4) is 0 Å². The lowest BCUT2D eigenvalue weighted by Gasteiger charge is -2.25. The van der Waals surface area contributed by atoms with Gasteiger partial charge in [0.15, 0.2) is 5.96 Å². The number of hydrogen-bond acceptors (Lipinski definition) is 8. The average Bonchev–Trinajstić information content (AvgIpc) is 3.63. The summed E-state index contributed by atoms with van der Waals surface area (Å²) in [6.07, 6.45) is 3.63. The maximum atomic E-state index is 13.6. The molecular formula is C27H38N10O6. The largest absolute Gasteiger partial charge is 0.480 e. The van der Waals surface area contributed by atoms with Gasteiger partial charge in [0.05, 0.1) is 12.4 Å². The van der Waals surface area contributed by atoms with Crippen LogP contribution in [0.5, 0.6) is 0 Å². The summed E-state index contributed by atoms with van der Waals surface area (Å²) in [5.74, 6) is -3.68. The van der Waals surface area contributed by atoms with E-state index in [-0.39, 0.29) is 38.2 Å². The third kappa shape index (κ3) is 9.54. The van der Waals surface area contributed by atoms with Crippen molar-refractivity contribution < 1.29 is 29.4 Å². The monoisotopic (exact) mass is 598 g/mol. The zero-order valence-electron chi connectivity index (χ0n) is 23.6. The Hall–Kier alpha value is -4.96. The summed E-state index contributed by atoms with van der Waals surface area (Å²) in [6.45, 7) is 1.50. The molecule has 0 radical (unpaired) electrons. The maximum Gasteiger partial charge on any atom is 0.326 e. The van der Waals surface area contributed by atoms with E-state index in [1.807, 2.05) is 24.3 Å². The number of fused-ring (bicyclic) bond motifs is 1. The number of carbonyl (C=O) groups is 4. The molecule has 0 aliphatic rings. The van der Waals surface area contributed by atoms with Crippen molar-refractivity contribution in [2.75, 3.05) is 6.54 Å². The lowest BCUT2D eigenvalue weighted by Crippen LogP contribution is -2.58. The number of imidazole rings is 1. The molecule has 5 unspecified atom stereocenters. The molecule has 0 fully saturated rings. The number of para-hydroxylation sites is 1. The van der Waals surface area contributed by atoms with Gasteiger partial charge in [-0.3, -0.25) is 19.4 Å². The quantitative estimate of drug-likeness (QED) is 0.0490. The minimum absolute atomic E-state index is 0.000161. The number of carboxylic acid groups (broad SMARTS) is 1. The second kappa shape index (κ2) is 15.3. The number of aliphatic carboxylic acids is 1. The first-order valence-corrected chi connectivity index (χ1v) is 13.6. The van der Waals surface area contributed by atoms with Crippen molar-refractivity contribution in [1.82, 2.24) is 30.9 Å². The van der Waals surface area contributed by atoms with Crippen LogP contribution in [-0.4, -0.2) is 91.6 Å². The number of aliphatic hydroxyl groups excluding tert-OH is 1. The summed E-state index contributed by atoms with van der Waals surface area (Å²) in [7, 11) is 0. The van der Waals surface area contributed by atoms with Crippen LogP contribution in [0, 0.1) is 0 Å². The topological polar surface area (TPSA) is 280 Å². The molecule has 16 nitrogen and oxygen atoms in total. The molecular weight excluding hydrogens is 560 g/mol. The van der Waals surface area contributed by atoms with E-state index in [2.05, 4.69) is 35.9 Å². The molecule has 0 saturated heterocycles. The van der Waals surface area contributed by atoms with Gasteiger partial charge < -0.3 is 53.3 Å². The predicted molar refractivity (Wildman–Crippen MR) is 157 cm³/mol. The Morgan fingerprint density at radius 2 is 1.65 bits per heavy atom. The molecule has 13 N–H and O–H groups in total. The molecule has 0 aliphatic carbocycles. The Morgan fingerprint density at radius 3 is 2.30 bits per heavy atom. The predicted octanol–water partition coefficient (Wildman–Crippen LogP) is -2.02. The molecule has 0 spiro atoms. The van der Waals surface area contributed by atoms with Crippen LogP contribution >= 0.6 is 0 Å². The number of carboxylic acids is 1. The van der Waals surface area contributed by atoms with Gasteiger partial charge in [-0.15, -0.1) is 0 Å². The smallest absolute Gasteiger partial charge is 0.326 e. The summed E-state index contributed by atoms with van der Waals surface area (Å²) in [5.41, 5.74) is 18.5. The highest BCUT2D eigenvalue weighted by molar-refractivity contribution is 5.95. The first-order chi connectivity index (χ1) is 20.5. The number of aromatic nitrogens is 3. The number of nitrogens with two attached hydrogens (primary N) is 3. The van der Waals surface area contributed by atoms with E-state index < -0.39 is 54.0 Å². The van der Waals surface area contributed by atoms with Gasteiger partial charge in [0.1, 0.15) is 24.2 Å². The van der Waals surface area contributed by atoms with Crippen LogP contribution in [0.1, 0.15) is 31.0 Å². The van der Waals surface area contributed by atoms with Crippen LogP contribution in [0.2, 0.25) is 0 Å². The highest BCUT2D eigenvalue weighted by Gasteiger charge is 2.31. The van der Waals surface area contributed by atoms with Crippen molar-refractivity contribution in [2.45, 2.75) is 62.9 Å². The molecule has 43 heavy (non-hydrogen) atoms. The molecule has 3 aromatic rings. The van der Waals surface area contributed by atoms with Crippen LogP contribution in [-0.2, 0) is 32.0 Å². The van der Waals surface area contributed by atoms with E-state index in [0.717, 1.165) is 10.9 Å². The second-order valence-electron chi connectivity index (χ2n) is 10.1. The number of nitrogens with zero attached hydrogens (tertiary/aromatic N) is 2. The standard InChI is InChI=1S/C27H38N10O6/c1-14(38)22(28)25(41)35-19(7-4-8-32-27(29)30)23(39)36-20(9-15-11-33-18-6-3-2-5-17(15)18)24(40)37-21(26(42)43)10-16-12-31-13-34-16/h2-3,5-6,11-14,19-22,33,38H,4,7-10,28H2,1H3,(H,31,34)(H,35,41)(H,36,39)(H,37,40)(H,42,43)(H4,29,30,32). The van der Waals surface area contributed by atoms with Gasteiger partial charge >= 0.3 is 5.97 Å². The van der Waals surface area contributed by atoms with Crippen molar-refractivity contribution in [2.24, 2.45) is 22.2 Å². The third-order valence-corrected chi connectivity index (χ3v) is 6.73. The molecule has 0 aliphatic heterocycles. The maximum absolute atomic E-state index is 13.6. The Balaban J connectivity index is 1.86. The second-order valence-corrected chi connectivity index (χ2v) is 10.1. The van der Waals surface area contributed by atoms with Crippen LogP contribution in [0.15, 0.2) is 48.0 Å². The first kappa shape index (κ1) is 32.6. The number of carbonyl (C=O) groups excluding carboxylic acids is 3. The Bertz CT molecular complexity index is 1420. The normalized spacial score (nSPS) is 14.6. The number of hydrogen-bond donors (Lipinski definition) is 10. The average molecular weight is 599 g/mol. The van der Waals surface area contributed by atoms with Gasteiger partial charge in [-0.05, 0) is 31.4 Å². The van der Waals surface area contributed by atoms with Crippen LogP contribution < -0.4 is 33.2 Å². The van der Waals surface area contributed by atoms with Crippen LogP contribution in [0.25, 0.3) is 10.9 Å². The lowest BCUT2D eigenvalue weighted by molar-refractivity contribution is -0.142. The highest BCUT2D eigenvalue weighted by atomic mass is 16.4. The Labute approximate surface area is 246 Å². The van der Waals surface area contributed by atoms with E-state index in [0.29, 0.717) is 11.3 Å². The fourth-order valence-corrected chi connectivity index (χ4v) is 4.35. The van der Waals surface area contributed by atoms with Gasteiger partial charge in [0.2, 0.25) is 17.7 Å². The summed E-state index contributed by atoms with van der Waals surface area (Å²) in [5, 5.41) is 28.0. The van der Waals surface area contributed by atoms with E-state index >= 15 is 0 Å². The van der Waals surface area contributed by atoms with E-state index in [9.17, 15) is 29.4 Å².